The highest BCUT2D eigenvalue weighted by atomic mass is 35.5. The highest BCUT2D eigenvalue weighted by molar-refractivity contribution is 6.35. The van der Waals surface area contributed by atoms with Crippen LogP contribution in [0.2, 0.25) is 10.0 Å². The molecule has 0 spiro atoms. The molecule has 1 aromatic carbocycles. The molecule has 0 atom stereocenters. The molecule has 1 fully saturated rings. The predicted molar refractivity (Wildman–Crippen MR) is 75.5 cm³/mol. The summed E-state index contributed by atoms with van der Waals surface area (Å²) in [5.74, 6) is 0. The van der Waals surface area contributed by atoms with Crippen LogP contribution in [-0.4, -0.2) is 35.2 Å². The van der Waals surface area contributed by atoms with Gasteiger partial charge in [-0.15, -0.1) is 0 Å². The van der Waals surface area contributed by atoms with Crippen LogP contribution in [-0.2, 0) is 6.54 Å². The third-order valence-electron chi connectivity index (χ3n) is 3.03. The Labute approximate surface area is 122 Å². The molecule has 4 nitrogen and oxygen atoms in total. The van der Waals surface area contributed by atoms with Gasteiger partial charge in [-0.25, -0.2) is 4.79 Å². The Hall–Kier alpha value is -0.970. The van der Waals surface area contributed by atoms with Crippen LogP contribution in [0.1, 0.15) is 18.4 Å². The number of amides is 2. The molecule has 2 N–H and O–H groups in total. The SMILES string of the molecule is O=C(NCc1ccc(Cl)cc1Cl)N(CCO)C1CC1. The average Bonchev–Trinajstić information content (AvgIpc) is 3.18. The van der Waals surface area contributed by atoms with Gasteiger partial charge in [0.25, 0.3) is 0 Å². The number of hydrogen-bond donors (Lipinski definition) is 2. The summed E-state index contributed by atoms with van der Waals surface area (Å²) in [6.45, 7) is 0.694. The lowest BCUT2D eigenvalue weighted by Gasteiger charge is -2.22. The molecule has 0 heterocycles. The Balaban J connectivity index is 1.91. The zero-order valence-corrected chi connectivity index (χ0v) is 11.9. The molecule has 19 heavy (non-hydrogen) atoms. The maximum absolute atomic E-state index is 12.0. The quantitative estimate of drug-likeness (QED) is 0.878. The minimum absolute atomic E-state index is 0.0222. The summed E-state index contributed by atoms with van der Waals surface area (Å²) in [4.78, 5) is 13.7. The van der Waals surface area contributed by atoms with Crippen molar-refractivity contribution >= 4 is 29.2 Å². The lowest BCUT2D eigenvalue weighted by Crippen LogP contribution is -2.42. The fourth-order valence-corrected chi connectivity index (χ4v) is 2.36. The van der Waals surface area contributed by atoms with Gasteiger partial charge >= 0.3 is 6.03 Å². The second-order valence-electron chi connectivity index (χ2n) is 4.54. The molecule has 2 amide bonds. The molecule has 2 rings (SSSR count). The summed E-state index contributed by atoms with van der Waals surface area (Å²) in [6, 6.07) is 5.28. The van der Waals surface area contributed by atoms with Crippen LogP contribution in [0.15, 0.2) is 18.2 Å². The summed E-state index contributed by atoms with van der Waals surface area (Å²) < 4.78 is 0. The smallest absolute Gasteiger partial charge is 0.317 e. The molecule has 0 unspecified atom stereocenters. The number of aliphatic hydroxyl groups excluding tert-OH is 1. The first-order chi connectivity index (χ1) is 9.11. The first-order valence-corrected chi connectivity index (χ1v) is 6.96. The predicted octanol–water partition coefficient (Wildman–Crippen LogP) is 2.66. The number of nitrogens with zero attached hydrogens (tertiary/aromatic N) is 1. The van der Waals surface area contributed by atoms with Gasteiger partial charge < -0.3 is 15.3 Å². The van der Waals surface area contributed by atoms with E-state index in [1.165, 1.54) is 0 Å². The van der Waals surface area contributed by atoms with E-state index in [-0.39, 0.29) is 18.7 Å². The van der Waals surface area contributed by atoms with Crippen LogP contribution in [0.3, 0.4) is 0 Å². The van der Waals surface area contributed by atoms with Gasteiger partial charge in [-0.2, -0.15) is 0 Å². The number of benzene rings is 1. The summed E-state index contributed by atoms with van der Waals surface area (Å²) in [6.07, 6.45) is 2.02. The van der Waals surface area contributed by atoms with Crippen molar-refractivity contribution in [3.05, 3.63) is 33.8 Å². The largest absolute Gasteiger partial charge is 0.395 e. The molecule has 0 radical (unpaired) electrons. The van der Waals surface area contributed by atoms with E-state index in [1.807, 2.05) is 0 Å². The summed E-state index contributed by atoms with van der Waals surface area (Å²) >= 11 is 11.9. The third kappa shape index (κ3) is 4.00. The number of carbonyl (C=O) groups excluding carboxylic acids is 1. The second kappa shape index (κ2) is 6.46. The molecule has 104 valence electrons. The molecule has 1 aliphatic carbocycles. The van der Waals surface area contributed by atoms with Gasteiger partial charge in [-0.3, -0.25) is 0 Å². The normalized spacial score (nSPS) is 14.3. The van der Waals surface area contributed by atoms with Crippen molar-refractivity contribution in [2.75, 3.05) is 13.2 Å². The first kappa shape index (κ1) is 14.4. The van der Waals surface area contributed by atoms with E-state index >= 15 is 0 Å². The molecule has 1 aliphatic rings. The highest BCUT2D eigenvalue weighted by Crippen LogP contribution is 2.26. The van der Waals surface area contributed by atoms with Gasteiger partial charge in [-0.1, -0.05) is 29.3 Å². The lowest BCUT2D eigenvalue weighted by atomic mass is 10.2. The number of nitrogens with one attached hydrogen (secondary N) is 1. The van der Waals surface area contributed by atoms with Crippen molar-refractivity contribution in [3.8, 4) is 0 Å². The number of urea groups is 1. The highest BCUT2D eigenvalue weighted by Gasteiger charge is 2.31. The minimum atomic E-state index is -0.164. The standard InChI is InChI=1S/C13H16Cl2N2O2/c14-10-2-1-9(12(15)7-10)8-16-13(19)17(5-6-18)11-3-4-11/h1-2,7,11,18H,3-6,8H2,(H,16,19). The van der Waals surface area contributed by atoms with E-state index in [2.05, 4.69) is 5.32 Å². The third-order valence-corrected chi connectivity index (χ3v) is 3.62. The monoisotopic (exact) mass is 302 g/mol. The zero-order valence-electron chi connectivity index (χ0n) is 10.4. The van der Waals surface area contributed by atoms with Gasteiger partial charge in [0, 0.05) is 29.2 Å². The Kier molecular flexibility index (Phi) is 4.91. The van der Waals surface area contributed by atoms with Crippen LogP contribution >= 0.6 is 23.2 Å². The topological polar surface area (TPSA) is 52.6 Å². The molecule has 1 saturated carbocycles. The summed E-state index contributed by atoms with van der Waals surface area (Å²) in [5, 5.41) is 12.9. The molecule has 0 bridgehead atoms. The Morgan fingerprint density at radius 3 is 2.74 bits per heavy atom. The molecule has 0 aromatic heterocycles. The van der Waals surface area contributed by atoms with Gasteiger partial charge in [0.1, 0.15) is 0 Å². The molecule has 1 aromatic rings. The van der Waals surface area contributed by atoms with E-state index in [9.17, 15) is 4.79 Å². The van der Waals surface area contributed by atoms with Gasteiger partial charge in [-0.05, 0) is 30.5 Å². The fourth-order valence-electron chi connectivity index (χ4n) is 1.88. The van der Waals surface area contributed by atoms with Crippen LogP contribution in [0.25, 0.3) is 0 Å². The first-order valence-electron chi connectivity index (χ1n) is 6.21. The summed E-state index contributed by atoms with van der Waals surface area (Å²) in [5.41, 5.74) is 0.819. The van der Waals surface area contributed by atoms with Crippen LogP contribution in [0.5, 0.6) is 0 Å². The van der Waals surface area contributed by atoms with Crippen LogP contribution in [0.4, 0.5) is 4.79 Å². The maximum atomic E-state index is 12.0. The van der Waals surface area contributed by atoms with E-state index in [0.717, 1.165) is 18.4 Å². The summed E-state index contributed by atoms with van der Waals surface area (Å²) in [7, 11) is 0. The second-order valence-corrected chi connectivity index (χ2v) is 5.39. The Morgan fingerprint density at radius 2 is 2.16 bits per heavy atom. The average molecular weight is 303 g/mol. The fraction of sp³-hybridized carbons (Fsp3) is 0.462. The van der Waals surface area contributed by atoms with E-state index in [1.54, 1.807) is 23.1 Å². The van der Waals surface area contributed by atoms with Crippen molar-refractivity contribution in [2.45, 2.75) is 25.4 Å². The van der Waals surface area contributed by atoms with Crippen LogP contribution < -0.4 is 5.32 Å². The lowest BCUT2D eigenvalue weighted by molar-refractivity contribution is 0.173. The maximum Gasteiger partial charge on any atom is 0.317 e. The van der Waals surface area contributed by atoms with E-state index in [0.29, 0.717) is 23.1 Å². The molecule has 0 aliphatic heterocycles. The van der Waals surface area contributed by atoms with Gasteiger partial charge in [0.15, 0.2) is 0 Å². The minimum Gasteiger partial charge on any atom is -0.395 e. The number of halogens is 2. The Morgan fingerprint density at radius 1 is 1.42 bits per heavy atom. The molecular formula is C13H16Cl2N2O2. The van der Waals surface area contributed by atoms with Crippen molar-refractivity contribution in [1.82, 2.24) is 10.2 Å². The molecular weight excluding hydrogens is 287 g/mol. The van der Waals surface area contributed by atoms with Crippen molar-refractivity contribution in [2.24, 2.45) is 0 Å². The van der Waals surface area contributed by atoms with Crippen molar-refractivity contribution < 1.29 is 9.90 Å². The van der Waals surface area contributed by atoms with E-state index < -0.39 is 0 Å². The Bertz CT molecular complexity index is 464. The van der Waals surface area contributed by atoms with E-state index in [4.69, 9.17) is 28.3 Å². The van der Waals surface area contributed by atoms with Crippen molar-refractivity contribution in [1.29, 1.82) is 0 Å². The zero-order chi connectivity index (χ0) is 13.8. The number of carbonyl (C=O) groups is 1. The molecule has 0 saturated heterocycles. The number of hydrogen-bond acceptors (Lipinski definition) is 2. The van der Waals surface area contributed by atoms with Gasteiger partial charge in [0.2, 0.25) is 0 Å². The van der Waals surface area contributed by atoms with Crippen LogP contribution in [0, 0.1) is 0 Å². The molecule has 6 heteroatoms. The number of rotatable bonds is 5. The number of aliphatic hydroxyl groups is 1. The van der Waals surface area contributed by atoms with Crippen molar-refractivity contribution in [3.63, 3.8) is 0 Å². The van der Waals surface area contributed by atoms with Gasteiger partial charge in [0.05, 0.1) is 6.61 Å².